The maximum absolute atomic E-state index is 13.8. The lowest BCUT2D eigenvalue weighted by atomic mass is 9.97. The van der Waals surface area contributed by atoms with Gasteiger partial charge in [-0.2, -0.15) is 0 Å². The highest BCUT2D eigenvalue weighted by atomic mass is 79.9. The molecule has 1 fully saturated rings. The van der Waals surface area contributed by atoms with Crippen molar-refractivity contribution in [1.82, 2.24) is 4.90 Å². The van der Waals surface area contributed by atoms with E-state index in [0.29, 0.717) is 12.1 Å². The van der Waals surface area contributed by atoms with Gasteiger partial charge in [0.2, 0.25) is 0 Å². The Labute approximate surface area is 123 Å². The summed E-state index contributed by atoms with van der Waals surface area (Å²) in [5.41, 5.74) is 0.0376. The van der Waals surface area contributed by atoms with Crippen LogP contribution in [0, 0.1) is 17.6 Å². The molecule has 1 unspecified atom stereocenters. The first-order valence-corrected chi connectivity index (χ1v) is 6.88. The van der Waals surface area contributed by atoms with E-state index < -0.39 is 23.1 Å². The average Bonchev–Trinajstić information content (AvgIpc) is 2.37. The number of carbonyl (C=O) groups excluding carboxylic acids is 1. The van der Waals surface area contributed by atoms with E-state index in [2.05, 4.69) is 21.1 Å². The Hall–Kier alpha value is -1.50. The molecule has 0 bridgehead atoms. The molecule has 0 spiro atoms. The average molecular weight is 347 g/mol. The predicted octanol–water partition coefficient (Wildman–Crippen LogP) is 3.04. The largest absolute Gasteiger partial charge is 0.411 e. The van der Waals surface area contributed by atoms with Crippen molar-refractivity contribution < 1.29 is 18.8 Å². The van der Waals surface area contributed by atoms with E-state index in [0.717, 1.165) is 12.1 Å². The fourth-order valence-corrected chi connectivity index (χ4v) is 2.66. The molecule has 1 aromatic carbocycles. The quantitative estimate of drug-likeness (QED) is 0.627. The number of halogens is 3. The van der Waals surface area contributed by atoms with Crippen molar-refractivity contribution in [3.8, 4) is 0 Å². The maximum Gasteiger partial charge on any atom is 0.259 e. The van der Waals surface area contributed by atoms with Gasteiger partial charge in [-0.3, -0.25) is 4.79 Å². The van der Waals surface area contributed by atoms with E-state index in [4.69, 9.17) is 5.21 Å². The monoisotopic (exact) mass is 346 g/mol. The molecule has 7 heteroatoms. The summed E-state index contributed by atoms with van der Waals surface area (Å²) >= 11 is 2.97. The molecule has 1 heterocycles. The van der Waals surface area contributed by atoms with Crippen molar-refractivity contribution >= 4 is 27.5 Å². The van der Waals surface area contributed by atoms with E-state index in [9.17, 15) is 13.6 Å². The number of benzene rings is 1. The van der Waals surface area contributed by atoms with Gasteiger partial charge in [0.05, 0.1) is 5.71 Å². The lowest BCUT2D eigenvalue weighted by molar-refractivity contribution is 0.0724. The molecule has 1 amide bonds. The van der Waals surface area contributed by atoms with Crippen LogP contribution in [0.3, 0.4) is 0 Å². The van der Waals surface area contributed by atoms with Gasteiger partial charge in [0.15, 0.2) is 0 Å². The third kappa shape index (κ3) is 2.82. The fourth-order valence-electron chi connectivity index (χ4n) is 2.26. The molecule has 20 heavy (non-hydrogen) atoms. The van der Waals surface area contributed by atoms with Crippen molar-refractivity contribution in [1.29, 1.82) is 0 Å². The van der Waals surface area contributed by atoms with Crippen LogP contribution in [-0.4, -0.2) is 34.8 Å². The first-order valence-electron chi connectivity index (χ1n) is 6.08. The van der Waals surface area contributed by atoms with Crippen LogP contribution < -0.4 is 0 Å². The summed E-state index contributed by atoms with van der Waals surface area (Å²) in [6, 6.07) is 2.12. The minimum Gasteiger partial charge on any atom is -0.411 e. The van der Waals surface area contributed by atoms with E-state index >= 15 is 0 Å². The fraction of sp³-hybridized carbons (Fsp3) is 0.385. The molecule has 1 saturated heterocycles. The third-order valence-corrected chi connectivity index (χ3v) is 3.80. The number of rotatable bonds is 1. The Morgan fingerprint density at radius 1 is 1.45 bits per heavy atom. The van der Waals surface area contributed by atoms with Gasteiger partial charge in [-0.25, -0.2) is 8.78 Å². The van der Waals surface area contributed by atoms with Gasteiger partial charge in [-0.05, 0) is 12.1 Å². The molecule has 1 aliphatic heterocycles. The summed E-state index contributed by atoms with van der Waals surface area (Å²) in [5.74, 6) is -2.61. The second-order valence-corrected chi connectivity index (χ2v) is 5.65. The minimum absolute atomic E-state index is 0.140. The first kappa shape index (κ1) is 14.9. The molecule has 4 nitrogen and oxygen atoms in total. The van der Waals surface area contributed by atoms with Gasteiger partial charge >= 0.3 is 0 Å². The Bertz CT molecular complexity index is 554. The zero-order chi connectivity index (χ0) is 14.9. The molecule has 1 aromatic rings. The number of oxime groups is 1. The van der Waals surface area contributed by atoms with Crippen molar-refractivity contribution in [3.05, 3.63) is 33.8 Å². The molecular formula is C13H13BrF2N2O2. The Balaban J connectivity index is 2.25. The van der Waals surface area contributed by atoms with Crippen LogP contribution in [0.4, 0.5) is 8.78 Å². The Morgan fingerprint density at radius 2 is 2.05 bits per heavy atom. The standard InChI is InChI=1S/C13H13BrF2N2O2/c1-7-6-18(3-2-11(7)17-20)13(19)12-9(15)4-8(14)5-10(12)16/h4-5,7,20H,2-3,6H2,1H3. The van der Waals surface area contributed by atoms with Crippen molar-refractivity contribution in [3.63, 3.8) is 0 Å². The van der Waals surface area contributed by atoms with Crippen LogP contribution in [0.2, 0.25) is 0 Å². The van der Waals surface area contributed by atoms with Crippen LogP contribution in [0.25, 0.3) is 0 Å². The second-order valence-electron chi connectivity index (χ2n) is 4.74. The predicted molar refractivity (Wildman–Crippen MR) is 73.0 cm³/mol. The maximum atomic E-state index is 13.8. The number of hydrogen-bond donors (Lipinski definition) is 1. The highest BCUT2D eigenvalue weighted by molar-refractivity contribution is 9.10. The molecular weight excluding hydrogens is 334 g/mol. The van der Waals surface area contributed by atoms with E-state index in [-0.39, 0.29) is 23.5 Å². The van der Waals surface area contributed by atoms with Crippen LogP contribution >= 0.6 is 15.9 Å². The van der Waals surface area contributed by atoms with Gasteiger partial charge in [0, 0.05) is 29.9 Å². The second kappa shape index (κ2) is 5.87. The van der Waals surface area contributed by atoms with E-state index in [1.807, 2.05) is 0 Å². The van der Waals surface area contributed by atoms with Crippen LogP contribution in [0.15, 0.2) is 21.8 Å². The van der Waals surface area contributed by atoms with Crippen molar-refractivity contribution in [2.75, 3.05) is 13.1 Å². The molecule has 1 N–H and O–H groups in total. The number of hydrogen-bond acceptors (Lipinski definition) is 3. The number of likely N-dealkylation sites (tertiary alicyclic amines) is 1. The van der Waals surface area contributed by atoms with Gasteiger partial charge in [-0.15, -0.1) is 0 Å². The topological polar surface area (TPSA) is 52.9 Å². The normalized spacial score (nSPS) is 21.3. The number of amides is 1. The first-order chi connectivity index (χ1) is 9.43. The number of carbonyl (C=O) groups is 1. The van der Waals surface area contributed by atoms with E-state index in [1.54, 1.807) is 6.92 Å². The summed E-state index contributed by atoms with van der Waals surface area (Å²) in [7, 11) is 0. The van der Waals surface area contributed by atoms with E-state index in [1.165, 1.54) is 4.90 Å². The number of nitrogens with zero attached hydrogens (tertiary/aromatic N) is 2. The molecule has 0 radical (unpaired) electrons. The Kier molecular flexibility index (Phi) is 4.37. The third-order valence-electron chi connectivity index (χ3n) is 3.34. The molecule has 0 saturated carbocycles. The smallest absolute Gasteiger partial charge is 0.259 e. The van der Waals surface area contributed by atoms with Crippen LogP contribution in [0.1, 0.15) is 23.7 Å². The minimum atomic E-state index is -0.892. The molecule has 0 aliphatic carbocycles. The summed E-state index contributed by atoms with van der Waals surface area (Å²) in [5, 5.41) is 11.9. The zero-order valence-electron chi connectivity index (χ0n) is 10.7. The molecule has 2 rings (SSSR count). The van der Waals surface area contributed by atoms with Crippen LogP contribution in [-0.2, 0) is 0 Å². The molecule has 108 valence electrons. The summed E-state index contributed by atoms with van der Waals surface area (Å²) in [6.45, 7) is 2.34. The lowest BCUT2D eigenvalue weighted by Gasteiger charge is -2.31. The zero-order valence-corrected chi connectivity index (χ0v) is 12.3. The van der Waals surface area contributed by atoms with Gasteiger partial charge in [-0.1, -0.05) is 28.0 Å². The Morgan fingerprint density at radius 3 is 2.55 bits per heavy atom. The highest BCUT2D eigenvalue weighted by Gasteiger charge is 2.29. The van der Waals surface area contributed by atoms with Crippen molar-refractivity contribution in [2.24, 2.45) is 11.1 Å². The lowest BCUT2D eigenvalue weighted by Crippen LogP contribution is -2.43. The van der Waals surface area contributed by atoms with Gasteiger partial charge < -0.3 is 10.1 Å². The van der Waals surface area contributed by atoms with Gasteiger partial charge in [0.1, 0.15) is 17.2 Å². The molecule has 1 atom stereocenters. The van der Waals surface area contributed by atoms with Crippen LogP contribution in [0.5, 0.6) is 0 Å². The highest BCUT2D eigenvalue weighted by Crippen LogP contribution is 2.23. The molecule has 0 aromatic heterocycles. The molecule has 1 aliphatic rings. The van der Waals surface area contributed by atoms with Crippen molar-refractivity contribution in [2.45, 2.75) is 13.3 Å². The summed E-state index contributed by atoms with van der Waals surface area (Å²) in [6.07, 6.45) is 0.392. The summed E-state index contributed by atoms with van der Waals surface area (Å²) < 4.78 is 27.8. The van der Waals surface area contributed by atoms with Gasteiger partial charge in [0.25, 0.3) is 5.91 Å². The summed E-state index contributed by atoms with van der Waals surface area (Å²) in [4.78, 5) is 13.6. The SMILES string of the molecule is CC1CN(C(=O)c2c(F)cc(Br)cc2F)CCC1=NO. The number of piperidine rings is 1.